The Labute approximate surface area is 210 Å². The van der Waals surface area contributed by atoms with Crippen molar-refractivity contribution in [3.63, 3.8) is 0 Å². The Hall–Kier alpha value is -3.83. The highest BCUT2D eigenvalue weighted by Crippen LogP contribution is 2.41. The van der Waals surface area contributed by atoms with Crippen molar-refractivity contribution in [1.82, 2.24) is 34.3 Å². The average molecular weight is 507 g/mol. The smallest absolute Gasteiger partial charge is 0.324 e. The molecule has 11 heteroatoms. The molecular weight excluding hydrogens is 481 g/mol. The lowest BCUT2D eigenvalue weighted by molar-refractivity contribution is -0.184. The van der Waals surface area contributed by atoms with Gasteiger partial charge in [0.25, 0.3) is 0 Å². The molecule has 1 fully saturated rings. The lowest BCUT2D eigenvalue weighted by Crippen LogP contribution is -2.43. The van der Waals surface area contributed by atoms with E-state index >= 15 is 0 Å². The zero-order valence-electron chi connectivity index (χ0n) is 20.3. The second-order valence-electron chi connectivity index (χ2n) is 10.0. The predicted octanol–water partition coefficient (Wildman–Crippen LogP) is 4.37. The normalized spacial score (nSPS) is 19.7. The van der Waals surface area contributed by atoms with Crippen LogP contribution in [0.5, 0.6) is 0 Å². The van der Waals surface area contributed by atoms with Gasteiger partial charge in [-0.3, -0.25) is 14.0 Å². The molecule has 37 heavy (non-hydrogen) atoms. The van der Waals surface area contributed by atoms with Crippen molar-refractivity contribution >= 4 is 16.6 Å². The van der Waals surface area contributed by atoms with Gasteiger partial charge in [-0.1, -0.05) is 24.3 Å². The number of alkyl halides is 3. The first-order chi connectivity index (χ1) is 17.6. The van der Waals surface area contributed by atoms with Crippen molar-refractivity contribution in [2.75, 3.05) is 13.1 Å². The molecule has 0 aliphatic carbocycles. The molecule has 2 N–H and O–H groups in total. The van der Waals surface area contributed by atoms with E-state index in [1.54, 1.807) is 34.3 Å². The summed E-state index contributed by atoms with van der Waals surface area (Å²) in [5.74, 6) is 0.372. The minimum absolute atomic E-state index is 0.110. The van der Waals surface area contributed by atoms with Gasteiger partial charge in [0.1, 0.15) is 11.7 Å². The summed E-state index contributed by atoms with van der Waals surface area (Å²) in [5.41, 5.74) is 9.22. The van der Waals surface area contributed by atoms with E-state index in [1.807, 2.05) is 37.5 Å². The van der Waals surface area contributed by atoms with Crippen molar-refractivity contribution in [1.29, 1.82) is 0 Å². The lowest BCUT2D eigenvalue weighted by Gasteiger charge is -2.31. The van der Waals surface area contributed by atoms with Gasteiger partial charge < -0.3 is 5.73 Å². The molecule has 5 aromatic rings. The summed E-state index contributed by atoms with van der Waals surface area (Å²) >= 11 is 0. The van der Waals surface area contributed by atoms with Crippen LogP contribution >= 0.6 is 0 Å². The summed E-state index contributed by atoms with van der Waals surface area (Å²) in [7, 11) is 1.85. The van der Waals surface area contributed by atoms with E-state index < -0.39 is 17.8 Å². The molecule has 8 nitrogen and oxygen atoms in total. The quantitative estimate of drug-likeness (QED) is 0.389. The monoisotopic (exact) mass is 506 g/mol. The molecule has 5 heterocycles. The second kappa shape index (κ2) is 8.35. The molecule has 0 amide bonds. The highest BCUT2D eigenvalue weighted by Gasteiger charge is 2.48. The van der Waals surface area contributed by atoms with Gasteiger partial charge >= 0.3 is 6.18 Å². The lowest BCUT2D eigenvalue weighted by atomic mass is 10.0. The molecule has 0 saturated carbocycles. The summed E-state index contributed by atoms with van der Waals surface area (Å²) in [5, 5.41) is 13.6. The number of nitrogens with two attached hydrogens (primary N) is 1. The van der Waals surface area contributed by atoms with Crippen molar-refractivity contribution in [3.05, 3.63) is 66.6 Å². The highest BCUT2D eigenvalue weighted by atomic mass is 19.4. The van der Waals surface area contributed by atoms with Gasteiger partial charge in [0.2, 0.25) is 0 Å². The molecule has 1 unspecified atom stereocenters. The molecular formula is C26H25F3N8. The van der Waals surface area contributed by atoms with E-state index in [2.05, 4.69) is 15.3 Å². The number of rotatable bonds is 4. The molecule has 190 valence electrons. The van der Waals surface area contributed by atoms with E-state index in [0.717, 1.165) is 22.0 Å². The van der Waals surface area contributed by atoms with E-state index in [0.29, 0.717) is 23.6 Å². The van der Waals surface area contributed by atoms with Crippen molar-refractivity contribution in [3.8, 4) is 22.6 Å². The van der Waals surface area contributed by atoms with Crippen LogP contribution in [0, 0.1) is 0 Å². The van der Waals surface area contributed by atoms with Gasteiger partial charge in [0.05, 0.1) is 11.7 Å². The van der Waals surface area contributed by atoms with Crippen LogP contribution in [0.15, 0.2) is 61.1 Å². The summed E-state index contributed by atoms with van der Waals surface area (Å²) in [6, 6.07) is 10.9. The van der Waals surface area contributed by atoms with Crippen LogP contribution in [0.4, 0.5) is 13.2 Å². The largest absolute Gasteiger partial charge is 0.408 e. The van der Waals surface area contributed by atoms with Crippen LogP contribution in [-0.2, 0) is 7.05 Å². The predicted molar refractivity (Wildman–Crippen MR) is 134 cm³/mol. The van der Waals surface area contributed by atoms with Crippen molar-refractivity contribution in [2.45, 2.75) is 31.1 Å². The third-order valence-electron chi connectivity index (χ3n) is 6.91. The number of halogens is 3. The number of nitrogens with zero attached hydrogens (tertiary/aromatic N) is 7. The molecule has 4 aromatic heterocycles. The fourth-order valence-corrected chi connectivity index (χ4v) is 5.08. The van der Waals surface area contributed by atoms with E-state index in [1.165, 1.54) is 17.2 Å². The summed E-state index contributed by atoms with van der Waals surface area (Å²) in [6.45, 7) is 2.22. The topological polar surface area (TPSA) is 90.2 Å². The fourth-order valence-electron chi connectivity index (χ4n) is 5.08. The average Bonchev–Trinajstić information content (AvgIpc) is 3.55. The Morgan fingerprint density at radius 3 is 2.54 bits per heavy atom. The van der Waals surface area contributed by atoms with E-state index in [-0.39, 0.29) is 18.7 Å². The molecule has 0 spiro atoms. The second-order valence-corrected chi connectivity index (χ2v) is 10.0. The van der Waals surface area contributed by atoms with Crippen LogP contribution in [0.25, 0.3) is 39.2 Å². The number of pyridine rings is 2. The Bertz CT molecular complexity index is 1620. The molecule has 6 rings (SSSR count). The van der Waals surface area contributed by atoms with Crippen molar-refractivity contribution in [2.24, 2.45) is 12.8 Å². The molecule has 1 saturated heterocycles. The number of aryl methyl sites for hydroxylation is 1. The number of fused-ring (bicyclic) bond motifs is 2. The maximum Gasteiger partial charge on any atom is 0.408 e. The Kier molecular flexibility index (Phi) is 5.32. The van der Waals surface area contributed by atoms with Gasteiger partial charge in [0, 0.05) is 49.0 Å². The Morgan fingerprint density at radius 2 is 1.84 bits per heavy atom. The fraction of sp³-hybridized carbons (Fsp3) is 0.308. The molecule has 1 aliphatic heterocycles. The summed E-state index contributed by atoms with van der Waals surface area (Å²) in [6.07, 6.45) is 1.20. The molecule has 2 atom stereocenters. The SMILES string of the molecule is Cn1cc(-c2ccc3ccc(-c4nnc5ccc([C@H](N6CCC(C)(N)C6)C(F)(F)F)cn45)nc3c2)cn1. The third kappa shape index (κ3) is 4.34. The molecule has 0 bridgehead atoms. The number of aromatic nitrogens is 6. The number of likely N-dealkylation sites (tertiary alicyclic amines) is 1. The summed E-state index contributed by atoms with van der Waals surface area (Å²) in [4.78, 5) is 6.18. The molecule has 1 aliphatic rings. The minimum atomic E-state index is -4.47. The highest BCUT2D eigenvalue weighted by molar-refractivity contribution is 5.85. The molecule has 1 aromatic carbocycles. The van der Waals surface area contributed by atoms with Crippen LogP contribution in [0.3, 0.4) is 0 Å². The van der Waals surface area contributed by atoms with Gasteiger partial charge in [-0.15, -0.1) is 10.2 Å². The molecule has 0 radical (unpaired) electrons. The van der Waals surface area contributed by atoms with Crippen LogP contribution in [0.1, 0.15) is 24.9 Å². The van der Waals surface area contributed by atoms with E-state index in [4.69, 9.17) is 10.7 Å². The minimum Gasteiger partial charge on any atom is -0.324 e. The van der Waals surface area contributed by atoms with Crippen LogP contribution in [-0.4, -0.2) is 59.1 Å². The number of hydrogen-bond donors (Lipinski definition) is 1. The zero-order chi connectivity index (χ0) is 25.9. The van der Waals surface area contributed by atoms with Crippen LogP contribution in [0.2, 0.25) is 0 Å². The van der Waals surface area contributed by atoms with Gasteiger partial charge in [-0.25, -0.2) is 4.98 Å². The standard InChI is InChI=1S/C26H25F3N8/c1-25(30)9-10-36(15-25)23(26(27,28)29)18-6-8-22-33-34-24(37(22)14-18)20-7-5-16-3-4-17(11-21(16)32-20)19-12-31-35(2)13-19/h3-8,11-14,23H,9-10,15,30H2,1-2H3/t23-,25?/m0/s1. The van der Waals surface area contributed by atoms with Gasteiger partial charge in [-0.2, -0.15) is 18.3 Å². The van der Waals surface area contributed by atoms with Crippen molar-refractivity contribution < 1.29 is 13.2 Å². The number of hydrogen-bond acceptors (Lipinski definition) is 6. The Morgan fingerprint density at radius 1 is 1.03 bits per heavy atom. The summed E-state index contributed by atoms with van der Waals surface area (Å²) < 4.78 is 46.1. The first-order valence-corrected chi connectivity index (χ1v) is 11.9. The third-order valence-corrected chi connectivity index (χ3v) is 6.91. The first kappa shape index (κ1) is 23.6. The maximum atomic E-state index is 14.3. The Balaban J connectivity index is 1.42. The van der Waals surface area contributed by atoms with Gasteiger partial charge in [0.15, 0.2) is 11.5 Å². The maximum absolute atomic E-state index is 14.3. The van der Waals surface area contributed by atoms with E-state index in [9.17, 15) is 13.2 Å². The zero-order valence-corrected chi connectivity index (χ0v) is 20.3. The van der Waals surface area contributed by atoms with Crippen LogP contribution < -0.4 is 5.73 Å². The number of benzene rings is 1. The van der Waals surface area contributed by atoms with Gasteiger partial charge in [-0.05, 0) is 42.7 Å². The first-order valence-electron chi connectivity index (χ1n) is 11.9.